The lowest BCUT2D eigenvalue weighted by Gasteiger charge is -2.32. The lowest BCUT2D eigenvalue weighted by atomic mass is 9.88. The number of hydroxylamine groups is 1. The van der Waals surface area contributed by atoms with E-state index < -0.39 is 5.72 Å². The van der Waals surface area contributed by atoms with E-state index in [4.69, 9.17) is 10.5 Å². The van der Waals surface area contributed by atoms with E-state index in [-0.39, 0.29) is 0 Å². The van der Waals surface area contributed by atoms with Crippen molar-refractivity contribution >= 4 is 12.0 Å². The van der Waals surface area contributed by atoms with Crippen LogP contribution in [0.5, 0.6) is 5.75 Å². The van der Waals surface area contributed by atoms with E-state index in [0.717, 1.165) is 40.1 Å². The Kier molecular flexibility index (Phi) is 5.45. The third-order valence-electron chi connectivity index (χ3n) is 6.84. The summed E-state index contributed by atoms with van der Waals surface area (Å²) in [6.45, 7) is 12.5. The first-order valence-electron chi connectivity index (χ1n) is 11.0. The maximum absolute atomic E-state index is 11.1. The Morgan fingerprint density at radius 2 is 1.75 bits per heavy atom. The number of rotatable bonds is 3. The first-order chi connectivity index (χ1) is 15.1. The highest BCUT2D eigenvalue weighted by molar-refractivity contribution is 5.79. The highest BCUT2D eigenvalue weighted by Crippen LogP contribution is 2.40. The molecule has 2 heterocycles. The quantitative estimate of drug-likeness (QED) is 0.251. The summed E-state index contributed by atoms with van der Waals surface area (Å²) in [7, 11) is 0. The lowest BCUT2D eigenvalue weighted by molar-refractivity contribution is -0.846. The van der Waals surface area contributed by atoms with Crippen molar-refractivity contribution in [3.8, 4) is 17.0 Å². The third-order valence-corrected chi connectivity index (χ3v) is 6.84. The number of benzene rings is 2. The molecule has 1 aliphatic rings. The number of fused-ring (bicyclic) bond motifs is 1. The summed E-state index contributed by atoms with van der Waals surface area (Å²) in [5, 5.41) is 11.1. The normalized spacial score (nSPS) is 18.2. The molecule has 4 rings (SSSR count). The Labute approximate surface area is 190 Å². The molecule has 3 aromatic rings. The monoisotopic (exact) mass is 430 g/mol. The van der Waals surface area contributed by atoms with Gasteiger partial charge in [0.2, 0.25) is 6.21 Å². The molecule has 1 unspecified atom stereocenters. The van der Waals surface area contributed by atoms with Gasteiger partial charge in [-0.3, -0.25) is 5.21 Å². The fourth-order valence-corrected chi connectivity index (χ4v) is 4.48. The molecule has 0 amide bonds. The van der Waals surface area contributed by atoms with Crippen LogP contribution < -0.4 is 10.5 Å². The summed E-state index contributed by atoms with van der Waals surface area (Å²) < 4.78 is 7.67. The van der Waals surface area contributed by atoms with E-state index in [1.54, 1.807) is 6.21 Å². The number of hydrogen-bond donors (Lipinski definition) is 2. The second kappa shape index (κ2) is 7.97. The number of anilines is 1. The van der Waals surface area contributed by atoms with Crippen molar-refractivity contribution in [3.63, 3.8) is 0 Å². The van der Waals surface area contributed by atoms with Crippen LogP contribution in [0.3, 0.4) is 0 Å². The molecular weight excluding hydrogens is 398 g/mol. The van der Waals surface area contributed by atoms with Gasteiger partial charge in [-0.05, 0) is 98.7 Å². The predicted octanol–water partition coefficient (Wildman–Crippen LogP) is 5.43. The van der Waals surface area contributed by atoms with Gasteiger partial charge in [-0.25, -0.2) is 4.98 Å². The second-order valence-corrected chi connectivity index (χ2v) is 9.14. The predicted molar refractivity (Wildman–Crippen MR) is 129 cm³/mol. The number of hydrogen-bond acceptors (Lipinski definition) is 4. The zero-order chi connectivity index (χ0) is 23.2. The number of aryl methyl sites for hydroxylation is 1. The average molecular weight is 431 g/mol. The van der Waals surface area contributed by atoms with Crippen molar-refractivity contribution in [2.24, 2.45) is 0 Å². The van der Waals surface area contributed by atoms with Crippen molar-refractivity contribution in [2.75, 3.05) is 5.73 Å². The van der Waals surface area contributed by atoms with Crippen molar-refractivity contribution in [3.05, 3.63) is 75.3 Å². The van der Waals surface area contributed by atoms with Crippen LogP contribution in [0.2, 0.25) is 0 Å². The van der Waals surface area contributed by atoms with Gasteiger partial charge in [0, 0.05) is 22.8 Å². The van der Waals surface area contributed by atoms with E-state index in [9.17, 15) is 5.21 Å². The van der Waals surface area contributed by atoms with Crippen molar-refractivity contribution in [1.82, 2.24) is 4.98 Å². The molecule has 1 atom stereocenters. The van der Waals surface area contributed by atoms with E-state index in [1.165, 1.54) is 27.0 Å². The van der Waals surface area contributed by atoms with E-state index in [1.807, 2.05) is 50.2 Å². The smallest absolute Gasteiger partial charge is 0.350 e. The summed E-state index contributed by atoms with van der Waals surface area (Å²) in [5.41, 5.74) is 15.0. The molecule has 166 valence electrons. The largest absolute Gasteiger partial charge is 0.428 e. The van der Waals surface area contributed by atoms with Crippen LogP contribution >= 0.6 is 0 Å². The van der Waals surface area contributed by atoms with Gasteiger partial charge < -0.3 is 10.5 Å². The molecule has 5 heteroatoms. The Bertz CT molecular complexity index is 1230. The summed E-state index contributed by atoms with van der Waals surface area (Å²) >= 11 is 0. The molecule has 1 aromatic heterocycles. The van der Waals surface area contributed by atoms with Crippen LogP contribution in [0, 0.1) is 34.6 Å². The van der Waals surface area contributed by atoms with Crippen molar-refractivity contribution in [1.29, 1.82) is 0 Å². The summed E-state index contributed by atoms with van der Waals surface area (Å²) in [4.78, 5) is 4.45. The standard InChI is InChI=1S/C27H32N3O2/c1-16-12-24(29-25(28)13-16)22-9-7-8-21(14-22)15-30(31)27(6)11-10-23-19(4)17(2)18(3)20(5)26(23)32-27/h7-9,12-15,31H,10-11H2,1-6H3,(H2,28,29)/q+1/b30-15-. The molecule has 3 N–H and O–H groups in total. The first-order valence-corrected chi connectivity index (χ1v) is 11.0. The number of nitrogens with zero attached hydrogens (tertiary/aromatic N) is 2. The van der Waals surface area contributed by atoms with Crippen LogP contribution in [0.15, 0.2) is 36.4 Å². The number of nitrogens with two attached hydrogens (primary N) is 1. The van der Waals surface area contributed by atoms with Gasteiger partial charge >= 0.3 is 5.72 Å². The Hall–Kier alpha value is -3.34. The molecule has 0 spiro atoms. The van der Waals surface area contributed by atoms with Crippen LogP contribution in [0.25, 0.3) is 11.3 Å². The van der Waals surface area contributed by atoms with Gasteiger partial charge in [0.15, 0.2) is 0 Å². The first kappa shape index (κ1) is 21.9. The van der Waals surface area contributed by atoms with Gasteiger partial charge in [-0.1, -0.05) is 12.1 Å². The van der Waals surface area contributed by atoms with Gasteiger partial charge in [0.25, 0.3) is 0 Å². The van der Waals surface area contributed by atoms with Crippen LogP contribution in [-0.4, -0.2) is 26.9 Å². The van der Waals surface area contributed by atoms with Gasteiger partial charge in [0.05, 0.1) is 12.1 Å². The number of pyridine rings is 1. The number of nitrogen functional groups attached to an aromatic ring is 1. The Morgan fingerprint density at radius 3 is 2.47 bits per heavy atom. The van der Waals surface area contributed by atoms with Gasteiger partial charge in [-0.15, -0.1) is 0 Å². The molecular formula is C27H32N3O2+. The lowest BCUT2D eigenvalue weighted by Crippen LogP contribution is -2.47. The maximum atomic E-state index is 11.1. The number of aromatic nitrogens is 1. The molecule has 5 nitrogen and oxygen atoms in total. The summed E-state index contributed by atoms with van der Waals surface area (Å²) in [5.74, 6) is 1.40. The zero-order valence-corrected chi connectivity index (χ0v) is 19.8. The van der Waals surface area contributed by atoms with Crippen LogP contribution in [-0.2, 0) is 6.42 Å². The minimum Gasteiger partial charge on any atom is -0.428 e. The fraction of sp³-hybridized carbons (Fsp3) is 0.333. The van der Waals surface area contributed by atoms with Gasteiger partial charge in [0.1, 0.15) is 11.6 Å². The van der Waals surface area contributed by atoms with E-state index in [2.05, 4.69) is 32.7 Å². The Morgan fingerprint density at radius 1 is 1.03 bits per heavy atom. The minimum absolute atomic E-state index is 0.496. The number of ether oxygens (including phenoxy) is 1. The average Bonchev–Trinajstić information content (AvgIpc) is 2.75. The SMILES string of the molecule is Cc1cc(N)nc(-c2cccc(/C=[N+](\O)C3(C)CCc4c(C)c(C)c(C)c(C)c4O3)c2)c1. The molecule has 32 heavy (non-hydrogen) atoms. The second-order valence-electron chi connectivity index (χ2n) is 9.14. The van der Waals surface area contributed by atoms with Crippen LogP contribution in [0.4, 0.5) is 5.82 Å². The highest BCUT2D eigenvalue weighted by atomic mass is 16.6. The van der Waals surface area contributed by atoms with E-state index >= 15 is 0 Å². The molecule has 0 bridgehead atoms. The summed E-state index contributed by atoms with van der Waals surface area (Å²) in [6.07, 6.45) is 3.26. The topological polar surface area (TPSA) is 71.4 Å². The fourth-order valence-electron chi connectivity index (χ4n) is 4.48. The van der Waals surface area contributed by atoms with Gasteiger partial charge in [-0.2, -0.15) is 0 Å². The molecule has 2 aromatic carbocycles. The molecule has 0 saturated carbocycles. The van der Waals surface area contributed by atoms with Crippen molar-refractivity contribution in [2.45, 2.75) is 60.1 Å². The minimum atomic E-state index is -0.853. The third kappa shape index (κ3) is 3.83. The maximum Gasteiger partial charge on any atom is 0.350 e. The Balaban J connectivity index is 1.68. The van der Waals surface area contributed by atoms with E-state index in [0.29, 0.717) is 12.2 Å². The zero-order valence-electron chi connectivity index (χ0n) is 19.8. The molecule has 0 radical (unpaired) electrons. The molecule has 0 aliphatic carbocycles. The van der Waals surface area contributed by atoms with Crippen molar-refractivity contribution < 1.29 is 14.7 Å². The highest BCUT2D eigenvalue weighted by Gasteiger charge is 2.44. The molecule has 1 aliphatic heterocycles. The van der Waals surface area contributed by atoms with Crippen LogP contribution in [0.1, 0.15) is 52.3 Å². The summed E-state index contributed by atoms with van der Waals surface area (Å²) in [6, 6.07) is 11.7. The molecule has 0 fully saturated rings. The molecule has 0 saturated heterocycles.